The van der Waals surface area contributed by atoms with Crippen LogP contribution in [0, 0.1) is 0 Å². The maximum Gasteiger partial charge on any atom is 0.232 e. The molecule has 0 bridgehead atoms. The number of primary amides is 1. The van der Waals surface area contributed by atoms with Gasteiger partial charge in [0, 0.05) is 18.2 Å². The van der Waals surface area contributed by atoms with Crippen molar-refractivity contribution in [3.05, 3.63) is 35.9 Å². The molecule has 0 saturated carbocycles. The smallest absolute Gasteiger partial charge is 0.232 e. The van der Waals surface area contributed by atoms with Crippen molar-refractivity contribution in [3.63, 3.8) is 0 Å². The summed E-state index contributed by atoms with van der Waals surface area (Å²) in [7, 11) is 1.75. The molecule has 1 aromatic heterocycles. The molecule has 2 heterocycles. The van der Waals surface area contributed by atoms with Crippen molar-refractivity contribution in [1.29, 1.82) is 0 Å². The van der Waals surface area contributed by atoms with Gasteiger partial charge in [-0.25, -0.2) is 9.97 Å². The monoisotopic (exact) mass is 301 g/mol. The molecule has 0 saturated heterocycles. The summed E-state index contributed by atoms with van der Waals surface area (Å²) < 4.78 is 0. The van der Waals surface area contributed by atoms with Gasteiger partial charge in [0.2, 0.25) is 11.9 Å². The second-order valence-corrected chi connectivity index (χ2v) is 5.83. The quantitative estimate of drug-likeness (QED) is 0.734. The maximum atomic E-state index is 11.5. The van der Waals surface area contributed by atoms with E-state index in [0.29, 0.717) is 11.0 Å². The lowest BCUT2D eigenvalue weighted by molar-refractivity contribution is -0.117. The number of benzene rings is 1. The first kappa shape index (κ1) is 13.8. The van der Waals surface area contributed by atoms with E-state index in [2.05, 4.69) is 15.3 Å². The molecule has 0 radical (unpaired) electrons. The number of thioether (sulfide) groups is 1. The van der Waals surface area contributed by atoms with Crippen LogP contribution >= 0.6 is 11.8 Å². The van der Waals surface area contributed by atoms with Crippen LogP contribution in [0.5, 0.6) is 0 Å². The number of fused-ring (bicyclic) bond motifs is 1. The minimum atomic E-state index is -0.510. The minimum absolute atomic E-state index is 0.435. The highest BCUT2D eigenvalue weighted by Crippen LogP contribution is 2.45. The van der Waals surface area contributed by atoms with Gasteiger partial charge in [-0.3, -0.25) is 4.79 Å². The second kappa shape index (κ2) is 5.34. The van der Waals surface area contributed by atoms with E-state index in [0.717, 1.165) is 16.8 Å². The number of anilines is 1. The van der Waals surface area contributed by atoms with Gasteiger partial charge < -0.3 is 16.8 Å². The van der Waals surface area contributed by atoms with Crippen LogP contribution in [0.3, 0.4) is 0 Å². The fourth-order valence-electron chi connectivity index (χ4n) is 2.35. The molecule has 2 unspecified atom stereocenters. The molecular weight excluding hydrogens is 286 g/mol. The van der Waals surface area contributed by atoms with Crippen molar-refractivity contribution in [2.24, 2.45) is 11.5 Å². The molecule has 1 aromatic carbocycles. The lowest BCUT2D eigenvalue weighted by Gasteiger charge is -2.14. The number of nitrogens with zero attached hydrogens (tertiary/aromatic N) is 2. The van der Waals surface area contributed by atoms with E-state index in [9.17, 15) is 4.79 Å². The molecule has 1 amide bonds. The third-order valence-corrected chi connectivity index (χ3v) is 4.67. The predicted molar refractivity (Wildman–Crippen MR) is 82.8 cm³/mol. The molecule has 21 heavy (non-hydrogen) atoms. The first-order valence-corrected chi connectivity index (χ1v) is 7.36. The van der Waals surface area contributed by atoms with E-state index in [1.54, 1.807) is 7.05 Å². The summed E-state index contributed by atoms with van der Waals surface area (Å²) in [6.45, 7) is 0. The fraction of sp³-hybridized carbons (Fsp3) is 0.214. The second-order valence-electron chi connectivity index (χ2n) is 4.70. The average molecular weight is 301 g/mol. The van der Waals surface area contributed by atoms with Gasteiger partial charge in [-0.05, 0) is 0 Å². The Balaban J connectivity index is 2.18. The minimum Gasteiger partial charge on any atom is -0.369 e. The van der Waals surface area contributed by atoms with E-state index < -0.39 is 17.2 Å². The van der Waals surface area contributed by atoms with Gasteiger partial charge in [0.05, 0.1) is 11.7 Å². The molecule has 1 aliphatic heterocycles. The molecular formula is C14H15N5OS. The number of carbonyl (C=O) groups excluding carboxylic acids is 1. The third kappa shape index (κ3) is 2.34. The Hall–Kier alpha value is -2.12. The fourth-order valence-corrected chi connectivity index (χ4v) is 3.49. The SMILES string of the molecule is CNc1nc2c(c(-c3ccccc3)n1)C(N)C(C(N)=O)S2. The summed E-state index contributed by atoms with van der Waals surface area (Å²) in [5, 5.41) is 3.14. The topological polar surface area (TPSA) is 107 Å². The van der Waals surface area contributed by atoms with Crippen LogP contribution in [0.1, 0.15) is 11.6 Å². The average Bonchev–Trinajstić information content (AvgIpc) is 2.84. The summed E-state index contributed by atoms with van der Waals surface area (Å²) in [6, 6.07) is 9.21. The molecule has 7 heteroatoms. The van der Waals surface area contributed by atoms with Crippen molar-refractivity contribution in [2.45, 2.75) is 16.3 Å². The normalized spacial score (nSPS) is 20.1. The van der Waals surface area contributed by atoms with Gasteiger partial charge in [-0.15, -0.1) is 0 Å². The Morgan fingerprint density at radius 2 is 2.00 bits per heavy atom. The Bertz CT molecular complexity index is 691. The highest BCUT2D eigenvalue weighted by Gasteiger charge is 2.38. The summed E-state index contributed by atoms with van der Waals surface area (Å²) in [6.07, 6.45) is 0. The zero-order valence-electron chi connectivity index (χ0n) is 11.4. The maximum absolute atomic E-state index is 11.5. The Morgan fingerprint density at radius 3 is 2.62 bits per heavy atom. The Kier molecular flexibility index (Phi) is 3.52. The van der Waals surface area contributed by atoms with Crippen molar-refractivity contribution in [3.8, 4) is 11.3 Å². The van der Waals surface area contributed by atoms with Crippen LogP contribution in [0.25, 0.3) is 11.3 Å². The molecule has 0 fully saturated rings. The summed E-state index contributed by atoms with van der Waals surface area (Å²) in [5.74, 6) is 0.0629. The molecule has 108 valence electrons. The van der Waals surface area contributed by atoms with Crippen LogP contribution in [0.2, 0.25) is 0 Å². The molecule has 2 atom stereocenters. The van der Waals surface area contributed by atoms with Gasteiger partial charge in [0.1, 0.15) is 10.3 Å². The van der Waals surface area contributed by atoms with E-state index in [4.69, 9.17) is 11.5 Å². The highest BCUT2D eigenvalue weighted by molar-refractivity contribution is 8.01. The predicted octanol–water partition coefficient (Wildman–Crippen LogP) is 1.14. The summed E-state index contributed by atoms with van der Waals surface area (Å²) >= 11 is 1.30. The van der Waals surface area contributed by atoms with Gasteiger partial charge in [-0.1, -0.05) is 42.1 Å². The van der Waals surface area contributed by atoms with Crippen molar-refractivity contribution >= 4 is 23.6 Å². The number of rotatable bonds is 3. The van der Waals surface area contributed by atoms with Crippen molar-refractivity contribution in [1.82, 2.24) is 9.97 Å². The molecule has 5 N–H and O–H groups in total. The van der Waals surface area contributed by atoms with Crippen LogP contribution in [0.15, 0.2) is 35.4 Å². The van der Waals surface area contributed by atoms with Gasteiger partial charge in [0.25, 0.3) is 0 Å². The summed E-state index contributed by atoms with van der Waals surface area (Å²) in [5.41, 5.74) is 14.1. The van der Waals surface area contributed by atoms with E-state index in [1.807, 2.05) is 30.3 Å². The number of amides is 1. The van der Waals surface area contributed by atoms with Crippen molar-refractivity contribution < 1.29 is 4.79 Å². The standard InChI is InChI=1S/C14H15N5OS/c1-17-14-18-10(7-5-3-2-4-6-7)8-9(15)11(12(16)20)21-13(8)19-14/h2-6,9,11H,15H2,1H3,(H2,16,20)(H,17,18,19). The number of nitrogens with one attached hydrogen (secondary N) is 1. The molecule has 0 aliphatic carbocycles. The number of aromatic nitrogens is 2. The summed E-state index contributed by atoms with van der Waals surface area (Å²) in [4.78, 5) is 20.4. The first-order valence-electron chi connectivity index (χ1n) is 6.48. The van der Waals surface area contributed by atoms with Crippen molar-refractivity contribution in [2.75, 3.05) is 12.4 Å². The van der Waals surface area contributed by atoms with Crippen LogP contribution in [-0.4, -0.2) is 28.2 Å². The molecule has 1 aliphatic rings. The Morgan fingerprint density at radius 1 is 1.29 bits per heavy atom. The van der Waals surface area contributed by atoms with E-state index >= 15 is 0 Å². The van der Waals surface area contributed by atoms with E-state index in [1.165, 1.54) is 11.8 Å². The Labute approximate surface area is 126 Å². The number of carbonyl (C=O) groups is 1. The largest absolute Gasteiger partial charge is 0.369 e. The van der Waals surface area contributed by atoms with Crippen LogP contribution in [-0.2, 0) is 4.79 Å². The van der Waals surface area contributed by atoms with E-state index in [-0.39, 0.29) is 0 Å². The molecule has 6 nitrogen and oxygen atoms in total. The van der Waals surface area contributed by atoms with Gasteiger partial charge in [-0.2, -0.15) is 0 Å². The zero-order chi connectivity index (χ0) is 15.0. The lowest BCUT2D eigenvalue weighted by Crippen LogP contribution is -2.33. The third-order valence-electron chi connectivity index (χ3n) is 3.36. The van der Waals surface area contributed by atoms with Gasteiger partial charge >= 0.3 is 0 Å². The van der Waals surface area contributed by atoms with Crippen LogP contribution in [0.4, 0.5) is 5.95 Å². The lowest BCUT2D eigenvalue weighted by atomic mass is 10.00. The molecule has 2 aromatic rings. The number of nitrogens with two attached hydrogens (primary N) is 2. The number of hydrogen-bond acceptors (Lipinski definition) is 6. The highest BCUT2D eigenvalue weighted by atomic mass is 32.2. The number of hydrogen-bond donors (Lipinski definition) is 3. The first-order chi connectivity index (χ1) is 10.1. The van der Waals surface area contributed by atoms with Gasteiger partial charge in [0.15, 0.2) is 0 Å². The molecule has 0 spiro atoms. The van der Waals surface area contributed by atoms with Crippen LogP contribution < -0.4 is 16.8 Å². The molecule has 3 rings (SSSR count). The zero-order valence-corrected chi connectivity index (χ0v) is 12.2.